The molecule has 0 bridgehead atoms. The molecule has 18 heavy (non-hydrogen) atoms. The van der Waals surface area contributed by atoms with Crippen LogP contribution in [-0.2, 0) is 4.74 Å². The van der Waals surface area contributed by atoms with E-state index in [-0.39, 0.29) is 18.6 Å². The highest BCUT2D eigenvalue weighted by Gasteiger charge is 2.17. The summed E-state index contributed by atoms with van der Waals surface area (Å²) in [7, 11) is 0. The van der Waals surface area contributed by atoms with Gasteiger partial charge in [-0.05, 0) is 24.5 Å². The molecule has 0 saturated carbocycles. The molecule has 0 saturated heterocycles. The Kier molecular flexibility index (Phi) is 6.36. The van der Waals surface area contributed by atoms with Crippen LogP contribution in [-0.4, -0.2) is 23.4 Å². The smallest absolute Gasteiger partial charge is 0.338 e. The van der Waals surface area contributed by atoms with Gasteiger partial charge >= 0.3 is 5.97 Å². The average molecular weight is 314 g/mol. The van der Waals surface area contributed by atoms with E-state index >= 15 is 0 Å². The van der Waals surface area contributed by atoms with Crippen LogP contribution in [0.2, 0.25) is 0 Å². The average Bonchev–Trinajstić information content (AvgIpc) is 2.35. The quantitative estimate of drug-likeness (QED) is 0.649. The minimum atomic E-state index is -0.315. The Bertz CT molecular complexity index is 367. The van der Waals surface area contributed by atoms with E-state index < -0.39 is 0 Å². The van der Waals surface area contributed by atoms with Crippen LogP contribution in [0.3, 0.4) is 0 Å². The molecule has 1 aromatic carbocycles. The van der Waals surface area contributed by atoms with Gasteiger partial charge in [-0.3, -0.25) is 0 Å². The molecule has 2 N–H and O–H groups in total. The highest BCUT2D eigenvalue weighted by Crippen LogP contribution is 2.15. The Hall–Kier alpha value is -0.870. The van der Waals surface area contributed by atoms with Crippen LogP contribution in [0.15, 0.2) is 30.3 Å². The van der Waals surface area contributed by atoms with Crippen LogP contribution >= 0.6 is 15.9 Å². The molecule has 3 atom stereocenters. The molecule has 1 rings (SSSR count). The van der Waals surface area contributed by atoms with Gasteiger partial charge in [-0.15, -0.1) is 0 Å². The molecule has 0 fully saturated rings. The van der Waals surface area contributed by atoms with Gasteiger partial charge in [0.15, 0.2) is 0 Å². The molecule has 4 heteroatoms. The van der Waals surface area contributed by atoms with Gasteiger partial charge in [0.1, 0.15) is 6.61 Å². The molecule has 1 aromatic rings. The molecule has 100 valence electrons. The summed E-state index contributed by atoms with van der Waals surface area (Å²) in [4.78, 5) is 12.1. The summed E-state index contributed by atoms with van der Waals surface area (Å²) in [6.07, 6.45) is 0.962. The molecule has 3 nitrogen and oxygen atoms in total. The van der Waals surface area contributed by atoms with Crippen LogP contribution in [0.4, 0.5) is 0 Å². The largest absolute Gasteiger partial charge is 0.460 e. The van der Waals surface area contributed by atoms with E-state index in [0.717, 1.165) is 6.42 Å². The Morgan fingerprint density at radius 1 is 1.33 bits per heavy atom. The first-order chi connectivity index (χ1) is 8.50. The van der Waals surface area contributed by atoms with Gasteiger partial charge in [0.05, 0.1) is 5.56 Å². The fraction of sp³-hybridized carbons (Fsp3) is 0.500. The topological polar surface area (TPSA) is 52.3 Å². The van der Waals surface area contributed by atoms with Crippen molar-refractivity contribution in [2.75, 3.05) is 6.61 Å². The lowest BCUT2D eigenvalue weighted by Crippen LogP contribution is -2.35. The SMILES string of the molecule is CC(Br)CC(C)C(N)COC(=O)c1ccccc1. The van der Waals surface area contributed by atoms with E-state index in [4.69, 9.17) is 10.5 Å². The van der Waals surface area contributed by atoms with E-state index in [9.17, 15) is 4.79 Å². The normalized spacial score (nSPS) is 15.8. The first-order valence-corrected chi connectivity index (χ1v) is 7.04. The van der Waals surface area contributed by atoms with E-state index in [1.807, 2.05) is 18.2 Å². The highest BCUT2D eigenvalue weighted by molar-refractivity contribution is 9.09. The van der Waals surface area contributed by atoms with Crippen LogP contribution < -0.4 is 5.73 Å². The number of alkyl halides is 1. The monoisotopic (exact) mass is 313 g/mol. The van der Waals surface area contributed by atoms with Crippen LogP contribution in [0.5, 0.6) is 0 Å². The lowest BCUT2D eigenvalue weighted by Gasteiger charge is -2.20. The van der Waals surface area contributed by atoms with Gasteiger partial charge in [-0.1, -0.05) is 48.0 Å². The molecule has 0 radical (unpaired) electrons. The number of esters is 1. The number of nitrogens with two attached hydrogens (primary N) is 1. The summed E-state index contributed by atoms with van der Waals surface area (Å²) in [5.74, 6) is -0.00640. The Labute approximate surface area is 117 Å². The first-order valence-electron chi connectivity index (χ1n) is 6.12. The lowest BCUT2D eigenvalue weighted by atomic mass is 9.98. The van der Waals surface area contributed by atoms with Gasteiger partial charge in [-0.25, -0.2) is 4.79 Å². The predicted octanol–water partition coefficient (Wildman–Crippen LogP) is 2.98. The number of carbonyl (C=O) groups is 1. The van der Waals surface area contributed by atoms with Crippen molar-refractivity contribution < 1.29 is 9.53 Å². The second kappa shape index (κ2) is 7.54. The molecule has 0 aliphatic carbocycles. The van der Waals surface area contributed by atoms with Crippen molar-refractivity contribution in [3.8, 4) is 0 Å². The molecule has 3 unspecified atom stereocenters. The molecule has 0 aromatic heterocycles. The molecule has 0 aliphatic heterocycles. The summed E-state index contributed by atoms with van der Waals surface area (Å²) >= 11 is 3.50. The van der Waals surface area contributed by atoms with Crippen LogP contribution in [0.25, 0.3) is 0 Å². The van der Waals surface area contributed by atoms with Gasteiger partial charge < -0.3 is 10.5 Å². The molecule has 0 amide bonds. The number of halogens is 1. The third kappa shape index (κ3) is 5.19. The summed E-state index contributed by atoms with van der Waals surface area (Å²) in [5.41, 5.74) is 6.56. The van der Waals surface area contributed by atoms with E-state index in [2.05, 4.69) is 29.8 Å². The third-order valence-corrected chi connectivity index (χ3v) is 3.22. The lowest BCUT2D eigenvalue weighted by molar-refractivity contribution is 0.0457. The van der Waals surface area contributed by atoms with Crippen LogP contribution in [0, 0.1) is 5.92 Å². The van der Waals surface area contributed by atoms with Crippen molar-refractivity contribution in [2.24, 2.45) is 11.7 Å². The first kappa shape index (κ1) is 15.2. The second-order valence-corrected chi connectivity index (χ2v) is 6.19. The number of hydrogen-bond acceptors (Lipinski definition) is 3. The maximum Gasteiger partial charge on any atom is 0.338 e. The van der Waals surface area contributed by atoms with E-state index in [0.29, 0.717) is 16.3 Å². The van der Waals surface area contributed by atoms with E-state index in [1.54, 1.807) is 12.1 Å². The van der Waals surface area contributed by atoms with Crippen LogP contribution in [0.1, 0.15) is 30.6 Å². The predicted molar refractivity (Wildman–Crippen MR) is 76.9 cm³/mol. The number of ether oxygens (including phenoxy) is 1. The second-order valence-electron chi connectivity index (χ2n) is 4.62. The van der Waals surface area contributed by atoms with Gasteiger partial charge in [-0.2, -0.15) is 0 Å². The summed E-state index contributed by atoms with van der Waals surface area (Å²) in [6.45, 7) is 4.41. The van der Waals surface area contributed by atoms with Gasteiger partial charge in [0.2, 0.25) is 0 Å². The molecular weight excluding hydrogens is 294 g/mol. The standard InChI is InChI=1S/C14H20BrNO2/c1-10(8-11(2)15)13(16)9-18-14(17)12-6-4-3-5-7-12/h3-7,10-11,13H,8-9,16H2,1-2H3. The number of benzene rings is 1. The van der Waals surface area contributed by atoms with Crippen molar-refractivity contribution >= 4 is 21.9 Å². The Balaban J connectivity index is 2.39. The number of carbonyl (C=O) groups excluding carboxylic acids is 1. The zero-order valence-corrected chi connectivity index (χ0v) is 12.4. The Morgan fingerprint density at radius 3 is 2.50 bits per heavy atom. The van der Waals surface area contributed by atoms with Gasteiger partial charge in [0.25, 0.3) is 0 Å². The summed E-state index contributed by atoms with van der Waals surface area (Å²) in [5, 5.41) is 0. The summed E-state index contributed by atoms with van der Waals surface area (Å²) < 4.78 is 5.21. The minimum absolute atomic E-state index is 0.127. The van der Waals surface area contributed by atoms with Gasteiger partial charge in [0, 0.05) is 10.9 Å². The fourth-order valence-electron chi connectivity index (χ4n) is 1.68. The number of rotatable bonds is 6. The number of hydrogen-bond donors (Lipinski definition) is 1. The molecular formula is C14H20BrNO2. The molecule has 0 spiro atoms. The van der Waals surface area contributed by atoms with Crippen molar-refractivity contribution in [3.05, 3.63) is 35.9 Å². The highest BCUT2D eigenvalue weighted by atomic mass is 79.9. The third-order valence-electron chi connectivity index (χ3n) is 2.84. The molecule has 0 heterocycles. The summed E-state index contributed by atoms with van der Waals surface area (Å²) in [6, 6.07) is 8.83. The maximum atomic E-state index is 11.7. The fourth-order valence-corrected chi connectivity index (χ4v) is 2.27. The van der Waals surface area contributed by atoms with Crippen molar-refractivity contribution in [3.63, 3.8) is 0 Å². The minimum Gasteiger partial charge on any atom is -0.460 e. The zero-order valence-electron chi connectivity index (χ0n) is 10.8. The Morgan fingerprint density at radius 2 is 1.94 bits per heavy atom. The van der Waals surface area contributed by atoms with Crippen molar-refractivity contribution in [1.29, 1.82) is 0 Å². The van der Waals surface area contributed by atoms with Crippen molar-refractivity contribution in [2.45, 2.75) is 31.1 Å². The maximum absolute atomic E-state index is 11.7. The zero-order chi connectivity index (χ0) is 13.5. The molecule has 0 aliphatic rings. The van der Waals surface area contributed by atoms with E-state index in [1.165, 1.54) is 0 Å². The van der Waals surface area contributed by atoms with Crippen molar-refractivity contribution in [1.82, 2.24) is 0 Å².